The molecule has 0 aliphatic carbocycles. The molecule has 5 nitrogen and oxygen atoms in total. The molecule has 0 spiro atoms. The van der Waals surface area contributed by atoms with Gasteiger partial charge in [-0.15, -0.1) is 0 Å². The van der Waals surface area contributed by atoms with Crippen LogP contribution in [0.4, 0.5) is 0 Å². The van der Waals surface area contributed by atoms with Gasteiger partial charge in [0.25, 0.3) is 0 Å². The summed E-state index contributed by atoms with van der Waals surface area (Å²) in [6.07, 6.45) is -0.736. The molecule has 5 heteroatoms. The van der Waals surface area contributed by atoms with Crippen LogP contribution < -0.4 is 5.32 Å². The van der Waals surface area contributed by atoms with Crippen LogP contribution in [-0.4, -0.2) is 29.3 Å². The van der Waals surface area contributed by atoms with Crippen LogP contribution in [0.2, 0.25) is 0 Å². The fourth-order valence-electron chi connectivity index (χ4n) is 2.41. The number of rotatable bonds is 6. The van der Waals surface area contributed by atoms with Crippen molar-refractivity contribution in [3.63, 3.8) is 0 Å². The molecule has 0 saturated carbocycles. The fourth-order valence-corrected chi connectivity index (χ4v) is 2.41. The average Bonchev–Trinajstić information content (AvgIpc) is 2.88. The van der Waals surface area contributed by atoms with Crippen molar-refractivity contribution in [1.29, 1.82) is 0 Å². The van der Waals surface area contributed by atoms with E-state index in [1.165, 1.54) is 0 Å². The molecule has 1 unspecified atom stereocenters. The molecule has 132 valence electrons. The van der Waals surface area contributed by atoms with E-state index in [0.717, 1.165) is 10.9 Å². The summed E-state index contributed by atoms with van der Waals surface area (Å²) in [5, 5.41) is 14.4. The van der Waals surface area contributed by atoms with Crippen molar-refractivity contribution in [3.8, 4) is 0 Å². The Morgan fingerprint density at radius 1 is 1.33 bits per heavy atom. The van der Waals surface area contributed by atoms with Gasteiger partial charge in [0.15, 0.2) is 0 Å². The quantitative estimate of drug-likeness (QED) is 0.793. The minimum atomic E-state index is -0.743. The lowest BCUT2D eigenvalue weighted by molar-refractivity contribution is -0.146. The second-order valence-corrected chi connectivity index (χ2v) is 7.35. The van der Waals surface area contributed by atoms with Crippen molar-refractivity contribution in [2.45, 2.75) is 58.8 Å². The molecule has 1 aromatic heterocycles. The smallest absolute Gasteiger partial charge is 0.310 e. The number of aliphatic hydroxyl groups is 1. The van der Waals surface area contributed by atoms with Gasteiger partial charge < -0.3 is 19.6 Å². The van der Waals surface area contributed by atoms with Gasteiger partial charge in [-0.1, -0.05) is 18.2 Å². The predicted octanol–water partition coefficient (Wildman–Crippen LogP) is 3.35. The van der Waals surface area contributed by atoms with Crippen LogP contribution in [0.1, 0.15) is 52.0 Å². The molecule has 0 radical (unpaired) electrons. The maximum atomic E-state index is 11.9. The molecule has 2 rings (SSSR count). The topological polar surface area (TPSA) is 71.7 Å². The van der Waals surface area contributed by atoms with Gasteiger partial charge >= 0.3 is 5.97 Å². The van der Waals surface area contributed by atoms with Crippen molar-refractivity contribution in [2.24, 2.45) is 0 Å². The number of para-hydroxylation sites is 1. The third-order valence-corrected chi connectivity index (χ3v) is 3.50. The second kappa shape index (κ2) is 7.36. The molecule has 0 aliphatic rings. The van der Waals surface area contributed by atoms with E-state index in [-0.39, 0.29) is 24.0 Å². The van der Waals surface area contributed by atoms with Gasteiger partial charge in [-0.3, -0.25) is 4.79 Å². The molecule has 0 amide bonds. The molecule has 0 fully saturated rings. The zero-order valence-electron chi connectivity index (χ0n) is 15.1. The van der Waals surface area contributed by atoms with Crippen molar-refractivity contribution >= 4 is 16.9 Å². The number of furan rings is 1. The summed E-state index contributed by atoms with van der Waals surface area (Å²) in [5.41, 5.74) is 1.31. The number of benzene rings is 1. The van der Waals surface area contributed by atoms with Gasteiger partial charge in [0.2, 0.25) is 0 Å². The van der Waals surface area contributed by atoms with E-state index in [4.69, 9.17) is 9.15 Å². The summed E-state index contributed by atoms with van der Waals surface area (Å²) in [4.78, 5) is 11.9. The van der Waals surface area contributed by atoms with Crippen LogP contribution in [0.3, 0.4) is 0 Å². The van der Waals surface area contributed by atoms with Crippen molar-refractivity contribution in [1.82, 2.24) is 5.32 Å². The van der Waals surface area contributed by atoms with Crippen molar-refractivity contribution in [3.05, 3.63) is 35.6 Å². The van der Waals surface area contributed by atoms with Gasteiger partial charge in [0.1, 0.15) is 17.4 Å². The number of aliphatic hydroxyl groups excluding tert-OH is 1. The highest BCUT2D eigenvalue weighted by Crippen LogP contribution is 2.27. The molecular weight excluding hydrogens is 306 g/mol. The van der Waals surface area contributed by atoms with Crippen LogP contribution >= 0.6 is 0 Å². The van der Waals surface area contributed by atoms with E-state index >= 15 is 0 Å². The molecular formula is C19H27NO4. The number of nitrogens with one attached hydrogen (secondary N) is 1. The Balaban J connectivity index is 2.18. The van der Waals surface area contributed by atoms with Gasteiger partial charge in [-0.2, -0.15) is 0 Å². The maximum Gasteiger partial charge on any atom is 0.310 e. The zero-order valence-corrected chi connectivity index (χ0v) is 15.1. The van der Waals surface area contributed by atoms with E-state index in [1.54, 1.807) is 0 Å². The van der Waals surface area contributed by atoms with Crippen LogP contribution in [0.5, 0.6) is 0 Å². The summed E-state index contributed by atoms with van der Waals surface area (Å²) in [5.74, 6) is 0.205. The Labute approximate surface area is 143 Å². The second-order valence-electron chi connectivity index (χ2n) is 7.35. The van der Waals surface area contributed by atoms with Gasteiger partial charge in [-0.25, -0.2) is 0 Å². The van der Waals surface area contributed by atoms with Gasteiger partial charge in [0.05, 0.1) is 12.5 Å². The first-order valence-corrected chi connectivity index (χ1v) is 8.29. The van der Waals surface area contributed by atoms with E-state index in [9.17, 15) is 9.90 Å². The standard InChI is InChI=1S/C19H27NO4/c1-12(2)23-17(22)10-14-8-6-7-13-9-16(24-18(13)14)15(21)11-20-19(3,4)5/h6-9,12,15,20-21H,10-11H2,1-5H3. The van der Waals surface area contributed by atoms with Crippen LogP contribution in [-0.2, 0) is 16.0 Å². The minimum absolute atomic E-state index is 0.0846. The number of ether oxygens (including phenoxy) is 1. The van der Waals surface area contributed by atoms with Crippen molar-refractivity contribution in [2.75, 3.05) is 6.54 Å². The fraction of sp³-hybridized carbons (Fsp3) is 0.526. The number of hydrogen-bond acceptors (Lipinski definition) is 5. The molecule has 0 bridgehead atoms. The van der Waals surface area contributed by atoms with E-state index in [0.29, 0.717) is 17.9 Å². The maximum absolute atomic E-state index is 11.9. The molecule has 1 heterocycles. The lowest BCUT2D eigenvalue weighted by atomic mass is 10.1. The molecule has 2 N–H and O–H groups in total. The molecule has 24 heavy (non-hydrogen) atoms. The van der Waals surface area contributed by atoms with Crippen LogP contribution in [0.15, 0.2) is 28.7 Å². The number of hydrogen-bond donors (Lipinski definition) is 2. The minimum Gasteiger partial charge on any atom is -0.463 e. The van der Waals surface area contributed by atoms with Gasteiger partial charge in [0, 0.05) is 23.0 Å². The summed E-state index contributed by atoms with van der Waals surface area (Å²) in [6.45, 7) is 10.2. The average molecular weight is 333 g/mol. The third-order valence-electron chi connectivity index (χ3n) is 3.50. The number of carbonyl (C=O) groups is 1. The van der Waals surface area contributed by atoms with Crippen LogP contribution in [0.25, 0.3) is 11.0 Å². The van der Waals surface area contributed by atoms with Crippen LogP contribution in [0, 0.1) is 0 Å². The molecule has 0 saturated heterocycles. The molecule has 1 atom stereocenters. The molecule has 2 aromatic rings. The number of β-amino-alcohol motifs (C(OH)–C–C–N with tert-alkyl or cyclic N) is 1. The summed E-state index contributed by atoms with van der Waals surface area (Å²) >= 11 is 0. The monoisotopic (exact) mass is 333 g/mol. The molecule has 0 aliphatic heterocycles. The molecule has 1 aromatic carbocycles. The Bertz CT molecular complexity index is 697. The first-order chi connectivity index (χ1) is 11.2. The van der Waals surface area contributed by atoms with E-state index < -0.39 is 6.10 Å². The SMILES string of the molecule is CC(C)OC(=O)Cc1cccc2cc(C(O)CNC(C)(C)C)oc12. The third kappa shape index (κ3) is 5.08. The number of fused-ring (bicyclic) bond motifs is 1. The summed E-state index contributed by atoms with van der Waals surface area (Å²) in [7, 11) is 0. The predicted molar refractivity (Wildman–Crippen MR) is 93.9 cm³/mol. The Morgan fingerprint density at radius 2 is 2.04 bits per heavy atom. The lowest BCUT2D eigenvalue weighted by Gasteiger charge is -2.22. The highest BCUT2D eigenvalue weighted by molar-refractivity contribution is 5.85. The normalized spacial score (nSPS) is 13.5. The van der Waals surface area contributed by atoms with E-state index in [1.807, 2.05) is 58.9 Å². The summed E-state index contributed by atoms with van der Waals surface area (Å²) in [6, 6.07) is 7.45. The number of esters is 1. The first kappa shape index (κ1) is 18.5. The highest BCUT2D eigenvalue weighted by Gasteiger charge is 2.19. The Hall–Kier alpha value is -1.85. The lowest BCUT2D eigenvalue weighted by Crippen LogP contribution is -2.38. The zero-order chi connectivity index (χ0) is 17.9. The Morgan fingerprint density at radius 3 is 2.67 bits per heavy atom. The van der Waals surface area contributed by atoms with Gasteiger partial charge in [-0.05, 0) is 40.7 Å². The summed E-state index contributed by atoms with van der Waals surface area (Å²) < 4.78 is 11.0. The Kier molecular flexibility index (Phi) is 5.67. The highest BCUT2D eigenvalue weighted by atomic mass is 16.5. The largest absolute Gasteiger partial charge is 0.463 e. The van der Waals surface area contributed by atoms with Crippen molar-refractivity contribution < 1.29 is 19.1 Å². The first-order valence-electron chi connectivity index (χ1n) is 8.29. The number of carbonyl (C=O) groups excluding carboxylic acids is 1. The van der Waals surface area contributed by atoms with E-state index in [2.05, 4.69) is 5.32 Å².